The number of rotatable bonds is 4. The molecule has 5 rings (SSSR count). The van der Waals surface area contributed by atoms with Gasteiger partial charge in [-0.1, -0.05) is 18.2 Å². The van der Waals surface area contributed by atoms with Gasteiger partial charge in [-0.3, -0.25) is 14.2 Å². The summed E-state index contributed by atoms with van der Waals surface area (Å²) in [5, 5.41) is 4.53. The largest absolute Gasteiger partial charge is 0.486 e. The van der Waals surface area contributed by atoms with Crippen LogP contribution in [-0.2, 0) is 11.3 Å². The first-order valence-electron chi connectivity index (χ1n) is 10.0. The van der Waals surface area contributed by atoms with Gasteiger partial charge in [0.15, 0.2) is 11.5 Å². The number of aryl methyl sites for hydroxylation is 1. The van der Waals surface area contributed by atoms with Crippen molar-refractivity contribution in [3.63, 3.8) is 0 Å². The summed E-state index contributed by atoms with van der Waals surface area (Å²) in [6, 6.07) is 14.0. The summed E-state index contributed by atoms with van der Waals surface area (Å²) >= 11 is 1.24. The summed E-state index contributed by atoms with van der Waals surface area (Å²) in [6.45, 7) is 2.51. The minimum Gasteiger partial charge on any atom is -0.486 e. The van der Waals surface area contributed by atoms with E-state index in [4.69, 9.17) is 9.47 Å². The lowest BCUT2D eigenvalue weighted by Gasteiger charge is -2.19. The van der Waals surface area contributed by atoms with E-state index in [1.807, 2.05) is 19.1 Å². The molecule has 162 valence electrons. The zero-order valence-corrected chi connectivity index (χ0v) is 18.0. The van der Waals surface area contributed by atoms with Crippen molar-refractivity contribution in [2.75, 3.05) is 18.5 Å². The molecule has 0 bridgehead atoms. The molecule has 0 aliphatic carbocycles. The van der Waals surface area contributed by atoms with Crippen LogP contribution in [0.1, 0.15) is 5.56 Å². The fourth-order valence-corrected chi connectivity index (χ4v) is 4.56. The van der Waals surface area contributed by atoms with Gasteiger partial charge in [0.2, 0.25) is 5.91 Å². The predicted octanol–water partition coefficient (Wildman–Crippen LogP) is 2.93. The van der Waals surface area contributed by atoms with Crippen molar-refractivity contribution >= 4 is 33.1 Å². The summed E-state index contributed by atoms with van der Waals surface area (Å²) in [4.78, 5) is 39.3. The van der Waals surface area contributed by atoms with E-state index in [-0.39, 0.29) is 6.54 Å². The fraction of sp³-hybridized carbons (Fsp3) is 0.174. The van der Waals surface area contributed by atoms with E-state index < -0.39 is 17.2 Å². The molecular weight excluding hydrogens is 430 g/mol. The molecule has 0 atom stereocenters. The summed E-state index contributed by atoms with van der Waals surface area (Å²) < 4.78 is 13.9. The number of nitrogens with zero attached hydrogens (tertiary/aromatic N) is 2. The number of fused-ring (bicyclic) bond motifs is 2. The molecule has 1 N–H and O–H groups in total. The van der Waals surface area contributed by atoms with E-state index in [2.05, 4.69) is 5.32 Å². The highest BCUT2D eigenvalue weighted by molar-refractivity contribution is 7.17. The van der Waals surface area contributed by atoms with Crippen LogP contribution < -0.4 is 26.0 Å². The first kappa shape index (κ1) is 20.1. The molecule has 1 aliphatic rings. The minimum atomic E-state index is -0.562. The average molecular weight is 449 g/mol. The van der Waals surface area contributed by atoms with E-state index in [0.717, 1.165) is 10.1 Å². The number of aromatic nitrogens is 2. The van der Waals surface area contributed by atoms with E-state index in [0.29, 0.717) is 46.3 Å². The van der Waals surface area contributed by atoms with Crippen molar-refractivity contribution in [1.82, 2.24) is 9.13 Å². The predicted molar refractivity (Wildman–Crippen MR) is 122 cm³/mol. The molecule has 1 amide bonds. The molecule has 32 heavy (non-hydrogen) atoms. The Labute approximate surface area is 186 Å². The van der Waals surface area contributed by atoms with Crippen LogP contribution in [0.15, 0.2) is 63.5 Å². The molecule has 2 aromatic carbocycles. The summed E-state index contributed by atoms with van der Waals surface area (Å²) in [7, 11) is 0. The molecule has 0 saturated heterocycles. The van der Waals surface area contributed by atoms with Gasteiger partial charge in [-0.2, -0.15) is 0 Å². The van der Waals surface area contributed by atoms with Gasteiger partial charge in [0.25, 0.3) is 5.56 Å². The molecule has 4 aromatic rings. The molecule has 9 heteroatoms. The molecule has 8 nitrogen and oxygen atoms in total. The van der Waals surface area contributed by atoms with Crippen LogP contribution in [0.2, 0.25) is 0 Å². The zero-order valence-electron chi connectivity index (χ0n) is 17.2. The lowest BCUT2D eigenvalue weighted by atomic mass is 10.2. The Morgan fingerprint density at radius 3 is 2.66 bits per heavy atom. The van der Waals surface area contributed by atoms with Crippen LogP contribution in [0.25, 0.3) is 15.9 Å². The van der Waals surface area contributed by atoms with Gasteiger partial charge in [-0.05, 0) is 42.1 Å². The van der Waals surface area contributed by atoms with Crippen molar-refractivity contribution in [3.05, 3.63) is 80.3 Å². The number of anilines is 1. The lowest BCUT2D eigenvalue weighted by Crippen LogP contribution is -2.40. The standard InChI is InChI=1S/C23H19N3O5S/c1-14-4-2-3-5-16(14)26-22(28)21-17(8-11-32-21)25(23(26)29)13-20(27)24-15-6-7-18-19(12-15)31-10-9-30-18/h2-8,11-12H,9-10,13H2,1H3,(H,24,27). The van der Waals surface area contributed by atoms with E-state index in [1.54, 1.807) is 41.8 Å². The molecule has 0 radical (unpaired) electrons. The second kappa shape index (κ2) is 8.01. The summed E-state index contributed by atoms with van der Waals surface area (Å²) in [5.74, 6) is 0.779. The molecule has 0 unspecified atom stereocenters. The fourth-order valence-electron chi connectivity index (χ4n) is 3.73. The first-order valence-corrected chi connectivity index (χ1v) is 10.9. The smallest absolute Gasteiger partial charge is 0.336 e. The van der Waals surface area contributed by atoms with E-state index >= 15 is 0 Å². The zero-order chi connectivity index (χ0) is 22.2. The Balaban J connectivity index is 1.52. The van der Waals surface area contributed by atoms with Gasteiger partial charge >= 0.3 is 5.69 Å². The van der Waals surface area contributed by atoms with E-state index in [1.165, 1.54) is 15.9 Å². The monoisotopic (exact) mass is 449 g/mol. The third kappa shape index (κ3) is 3.46. The van der Waals surface area contributed by atoms with Crippen LogP contribution in [0, 0.1) is 6.92 Å². The Morgan fingerprint density at radius 1 is 1.06 bits per heavy atom. The Kier molecular flexibility index (Phi) is 5.02. The average Bonchev–Trinajstić information content (AvgIpc) is 3.28. The van der Waals surface area contributed by atoms with Crippen LogP contribution in [0.5, 0.6) is 11.5 Å². The number of hydrogen-bond donors (Lipinski definition) is 1. The highest BCUT2D eigenvalue weighted by Crippen LogP contribution is 2.32. The van der Waals surface area contributed by atoms with Gasteiger partial charge in [0.05, 0.1) is 11.2 Å². The molecular formula is C23H19N3O5S. The number of thiophene rings is 1. The number of benzene rings is 2. The molecule has 0 fully saturated rings. The number of amides is 1. The van der Waals surface area contributed by atoms with Gasteiger partial charge in [0, 0.05) is 11.8 Å². The maximum Gasteiger partial charge on any atom is 0.336 e. The minimum absolute atomic E-state index is 0.243. The van der Waals surface area contributed by atoms with Crippen molar-refractivity contribution < 1.29 is 14.3 Å². The second-order valence-electron chi connectivity index (χ2n) is 7.34. The molecule has 1 aliphatic heterocycles. The van der Waals surface area contributed by atoms with Crippen molar-refractivity contribution in [2.45, 2.75) is 13.5 Å². The molecule has 2 aromatic heterocycles. The third-order valence-electron chi connectivity index (χ3n) is 5.24. The van der Waals surface area contributed by atoms with Crippen LogP contribution >= 0.6 is 11.3 Å². The molecule has 3 heterocycles. The van der Waals surface area contributed by atoms with Crippen molar-refractivity contribution in [2.24, 2.45) is 0 Å². The Hall–Kier alpha value is -3.85. The Bertz CT molecular complexity index is 1470. The topological polar surface area (TPSA) is 91.6 Å². The summed E-state index contributed by atoms with van der Waals surface area (Å²) in [5.41, 5.74) is 1.30. The molecule has 0 spiro atoms. The van der Waals surface area contributed by atoms with Crippen molar-refractivity contribution in [3.8, 4) is 17.2 Å². The van der Waals surface area contributed by atoms with Gasteiger partial charge < -0.3 is 14.8 Å². The maximum absolute atomic E-state index is 13.3. The normalized spacial score (nSPS) is 12.7. The first-order chi connectivity index (χ1) is 15.5. The van der Waals surface area contributed by atoms with Crippen LogP contribution in [-0.4, -0.2) is 28.3 Å². The van der Waals surface area contributed by atoms with Gasteiger partial charge in [-0.15, -0.1) is 11.3 Å². The summed E-state index contributed by atoms with van der Waals surface area (Å²) in [6.07, 6.45) is 0. The highest BCUT2D eigenvalue weighted by Gasteiger charge is 2.19. The van der Waals surface area contributed by atoms with E-state index in [9.17, 15) is 14.4 Å². The number of ether oxygens (including phenoxy) is 2. The van der Waals surface area contributed by atoms with Crippen LogP contribution in [0.3, 0.4) is 0 Å². The second-order valence-corrected chi connectivity index (χ2v) is 8.25. The Morgan fingerprint density at radius 2 is 1.84 bits per heavy atom. The quantitative estimate of drug-likeness (QED) is 0.517. The lowest BCUT2D eigenvalue weighted by molar-refractivity contribution is -0.116. The van der Waals surface area contributed by atoms with Gasteiger partial charge in [0.1, 0.15) is 24.5 Å². The number of hydrogen-bond acceptors (Lipinski definition) is 6. The SMILES string of the molecule is Cc1ccccc1-n1c(=O)c2sccc2n(CC(=O)Nc2ccc3c(c2)OCCO3)c1=O. The molecule has 0 saturated carbocycles. The third-order valence-corrected chi connectivity index (χ3v) is 6.13. The number of para-hydroxylation sites is 1. The highest BCUT2D eigenvalue weighted by atomic mass is 32.1. The number of nitrogens with one attached hydrogen (secondary N) is 1. The maximum atomic E-state index is 13.3. The van der Waals surface area contributed by atoms with Gasteiger partial charge in [-0.25, -0.2) is 9.36 Å². The number of carbonyl (C=O) groups is 1. The number of carbonyl (C=O) groups excluding carboxylic acids is 1. The van der Waals surface area contributed by atoms with Crippen LogP contribution in [0.4, 0.5) is 5.69 Å². The van der Waals surface area contributed by atoms with Crippen molar-refractivity contribution in [1.29, 1.82) is 0 Å².